The maximum Gasteiger partial charge on any atom is 0.237 e. The van der Waals surface area contributed by atoms with E-state index in [1.807, 2.05) is 50.1 Å². The van der Waals surface area contributed by atoms with Crippen LogP contribution < -0.4 is 10.1 Å². The van der Waals surface area contributed by atoms with Crippen LogP contribution in [0.15, 0.2) is 35.9 Å². The molecule has 1 aromatic carbocycles. The van der Waals surface area contributed by atoms with E-state index in [-0.39, 0.29) is 11.9 Å². The number of carbonyl (C=O) groups excluding carboxylic acids is 1. The fourth-order valence-corrected chi connectivity index (χ4v) is 3.04. The molecule has 25 heavy (non-hydrogen) atoms. The van der Waals surface area contributed by atoms with E-state index in [0.717, 1.165) is 24.3 Å². The number of nitrogens with zero attached hydrogens (tertiary/aromatic N) is 1. The predicted molar refractivity (Wildman–Crippen MR) is 103 cm³/mol. The van der Waals surface area contributed by atoms with Crippen LogP contribution in [0.2, 0.25) is 0 Å². The molecule has 2 rings (SSSR count). The van der Waals surface area contributed by atoms with Crippen LogP contribution in [0.1, 0.15) is 44.6 Å². The molecule has 1 atom stereocenters. The van der Waals surface area contributed by atoms with Crippen LogP contribution in [0.4, 0.5) is 0 Å². The summed E-state index contributed by atoms with van der Waals surface area (Å²) in [5.41, 5.74) is 2.63. The van der Waals surface area contributed by atoms with E-state index < -0.39 is 0 Å². The summed E-state index contributed by atoms with van der Waals surface area (Å²) in [4.78, 5) is 14.3. The second-order valence-corrected chi connectivity index (χ2v) is 6.92. The van der Waals surface area contributed by atoms with Crippen LogP contribution in [-0.2, 0) is 4.79 Å². The first-order valence-electron chi connectivity index (χ1n) is 9.42. The van der Waals surface area contributed by atoms with Crippen molar-refractivity contribution in [3.8, 4) is 5.75 Å². The van der Waals surface area contributed by atoms with Gasteiger partial charge >= 0.3 is 0 Å². The van der Waals surface area contributed by atoms with Crippen molar-refractivity contribution < 1.29 is 9.53 Å². The zero-order valence-electron chi connectivity index (χ0n) is 15.9. The van der Waals surface area contributed by atoms with Crippen molar-refractivity contribution in [1.29, 1.82) is 0 Å². The fraction of sp³-hybridized carbons (Fsp3) is 0.571. The minimum Gasteiger partial charge on any atom is -0.492 e. The Balaban J connectivity index is 1.66. The lowest BCUT2D eigenvalue weighted by molar-refractivity contribution is -0.125. The highest BCUT2D eigenvalue weighted by Gasteiger charge is 2.17. The highest BCUT2D eigenvalue weighted by molar-refractivity contribution is 5.81. The van der Waals surface area contributed by atoms with E-state index in [2.05, 4.69) is 11.4 Å². The zero-order chi connectivity index (χ0) is 18.1. The van der Waals surface area contributed by atoms with Gasteiger partial charge < -0.3 is 10.1 Å². The topological polar surface area (TPSA) is 41.6 Å². The third-order valence-corrected chi connectivity index (χ3v) is 4.97. The summed E-state index contributed by atoms with van der Waals surface area (Å²) in [5, 5.41) is 3.07. The highest BCUT2D eigenvalue weighted by atomic mass is 16.5. The molecule has 0 spiro atoms. The lowest BCUT2D eigenvalue weighted by atomic mass is 9.97. The van der Waals surface area contributed by atoms with E-state index in [4.69, 9.17) is 4.74 Å². The Morgan fingerprint density at radius 3 is 2.84 bits per heavy atom. The number of hydrogen-bond donors (Lipinski definition) is 1. The summed E-state index contributed by atoms with van der Waals surface area (Å²) in [6, 6.07) is 7.84. The summed E-state index contributed by atoms with van der Waals surface area (Å²) in [6.45, 7) is 6.02. The number of hydrogen-bond acceptors (Lipinski definition) is 3. The quantitative estimate of drug-likeness (QED) is 0.695. The Morgan fingerprint density at radius 2 is 2.12 bits per heavy atom. The smallest absolute Gasteiger partial charge is 0.237 e. The number of rotatable bonds is 9. The first-order chi connectivity index (χ1) is 12.1. The van der Waals surface area contributed by atoms with Gasteiger partial charge in [0.15, 0.2) is 0 Å². The largest absolute Gasteiger partial charge is 0.492 e. The average Bonchev–Trinajstić information content (AvgIpc) is 2.63. The Kier molecular flexibility index (Phi) is 7.99. The van der Waals surface area contributed by atoms with Gasteiger partial charge in [-0.1, -0.05) is 29.8 Å². The highest BCUT2D eigenvalue weighted by Crippen LogP contribution is 2.19. The molecule has 0 radical (unpaired) electrons. The van der Waals surface area contributed by atoms with Gasteiger partial charge in [0.25, 0.3) is 0 Å². The van der Waals surface area contributed by atoms with Crippen molar-refractivity contribution in [2.45, 2.75) is 52.0 Å². The second kappa shape index (κ2) is 10.2. The number of ether oxygens (including phenoxy) is 1. The molecular weight excluding hydrogens is 312 g/mol. The van der Waals surface area contributed by atoms with Gasteiger partial charge in [0.05, 0.1) is 6.04 Å². The third kappa shape index (κ3) is 6.54. The predicted octanol–water partition coefficient (Wildman–Crippen LogP) is 3.70. The average molecular weight is 344 g/mol. The zero-order valence-corrected chi connectivity index (χ0v) is 15.9. The van der Waals surface area contributed by atoms with Crippen LogP contribution in [0, 0.1) is 6.92 Å². The van der Waals surface area contributed by atoms with Crippen LogP contribution in [0.5, 0.6) is 5.75 Å². The maximum absolute atomic E-state index is 12.3. The molecule has 0 aliphatic heterocycles. The number of allylic oxidation sites excluding steroid dienone is 1. The molecule has 138 valence electrons. The Labute approximate surface area is 152 Å². The van der Waals surface area contributed by atoms with Gasteiger partial charge in [0.2, 0.25) is 5.91 Å². The molecule has 1 aromatic rings. The van der Waals surface area contributed by atoms with Gasteiger partial charge in [-0.25, -0.2) is 0 Å². The normalized spacial score (nSPS) is 15.6. The van der Waals surface area contributed by atoms with E-state index >= 15 is 0 Å². The first-order valence-corrected chi connectivity index (χ1v) is 9.42. The molecule has 4 heteroatoms. The summed E-state index contributed by atoms with van der Waals surface area (Å²) in [7, 11) is 1.97. The number of amides is 1. The minimum atomic E-state index is -0.152. The SMILES string of the molecule is Cc1ccccc1OCCN(C)C(C)C(=O)NCCC1=CCCCC1. The second-order valence-electron chi connectivity index (χ2n) is 6.92. The number of aryl methyl sites for hydroxylation is 1. The molecule has 0 bridgehead atoms. The van der Waals surface area contributed by atoms with Crippen molar-refractivity contribution >= 4 is 5.91 Å². The van der Waals surface area contributed by atoms with E-state index in [1.165, 1.54) is 31.3 Å². The van der Waals surface area contributed by atoms with Crippen molar-refractivity contribution in [2.24, 2.45) is 0 Å². The third-order valence-electron chi connectivity index (χ3n) is 4.97. The van der Waals surface area contributed by atoms with Crippen LogP contribution in [0.25, 0.3) is 0 Å². The molecule has 0 aromatic heterocycles. The molecule has 4 nitrogen and oxygen atoms in total. The summed E-state index contributed by atoms with van der Waals surface area (Å²) < 4.78 is 5.82. The van der Waals surface area contributed by atoms with Crippen molar-refractivity contribution in [2.75, 3.05) is 26.7 Å². The molecule has 1 amide bonds. The van der Waals surface area contributed by atoms with E-state index in [9.17, 15) is 4.79 Å². The Hall–Kier alpha value is -1.81. The molecule has 1 aliphatic carbocycles. The number of benzene rings is 1. The van der Waals surface area contributed by atoms with Gasteiger partial charge in [-0.15, -0.1) is 0 Å². The van der Waals surface area contributed by atoms with Gasteiger partial charge in [-0.3, -0.25) is 9.69 Å². The molecule has 1 unspecified atom stereocenters. The van der Waals surface area contributed by atoms with Gasteiger partial charge in [0, 0.05) is 13.1 Å². The first kappa shape index (κ1) is 19.5. The van der Waals surface area contributed by atoms with Gasteiger partial charge in [-0.05, 0) is 64.6 Å². The molecule has 0 fully saturated rings. The lowest BCUT2D eigenvalue weighted by Gasteiger charge is -2.24. The molecule has 0 saturated heterocycles. The van der Waals surface area contributed by atoms with Crippen molar-refractivity contribution in [3.63, 3.8) is 0 Å². The standard InChI is InChI=1S/C21H32N2O2/c1-17-9-7-8-12-20(17)25-16-15-23(3)18(2)21(24)22-14-13-19-10-5-4-6-11-19/h7-10,12,18H,4-6,11,13-16H2,1-3H3,(H,22,24). The molecule has 0 saturated carbocycles. The van der Waals surface area contributed by atoms with E-state index in [1.54, 1.807) is 0 Å². The van der Waals surface area contributed by atoms with Crippen molar-refractivity contribution in [3.05, 3.63) is 41.5 Å². The number of nitrogens with one attached hydrogen (secondary N) is 1. The molecule has 1 aliphatic rings. The van der Waals surface area contributed by atoms with Gasteiger partial charge in [-0.2, -0.15) is 0 Å². The Morgan fingerprint density at radius 1 is 1.32 bits per heavy atom. The lowest BCUT2D eigenvalue weighted by Crippen LogP contribution is -2.44. The molecular formula is C21H32N2O2. The fourth-order valence-electron chi connectivity index (χ4n) is 3.04. The van der Waals surface area contributed by atoms with Crippen LogP contribution in [-0.4, -0.2) is 43.6 Å². The maximum atomic E-state index is 12.3. The Bertz CT molecular complexity index is 583. The monoisotopic (exact) mass is 344 g/mol. The molecule has 0 heterocycles. The summed E-state index contributed by atoms with van der Waals surface area (Å²) >= 11 is 0. The minimum absolute atomic E-state index is 0.0924. The van der Waals surface area contributed by atoms with Crippen LogP contribution in [0.3, 0.4) is 0 Å². The number of likely N-dealkylation sites (N-methyl/N-ethyl adjacent to an activating group) is 1. The summed E-state index contributed by atoms with van der Waals surface area (Å²) in [5.74, 6) is 1.00. The van der Waals surface area contributed by atoms with Crippen molar-refractivity contribution in [1.82, 2.24) is 10.2 Å². The molecule has 1 N–H and O–H groups in total. The summed E-state index contributed by atoms with van der Waals surface area (Å²) in [6.07, 6.45) is 8.32. The number of carbonyl (C=O) groups is 1. The van der Waals surface area contributed by atoms with Gasteiger partial charge in [0.1, 0.15) is 12.4 Å². The van der Waals surface area contributed by atoms with Crippen LogP contribution >= 0.6 is 0 Å². The van der Waals surface area contributed by atoms with E-state index in [0.29, 0.717) is 13.2 Å². The number of para-hydroxylation sites is 1.